The molecule has 0 heterocycles. The fraction of sp³-hybridized carbons (Fsp3) is 0.833. The maximum absolute atomic E-state index is 11.6. The van der Waals surface area contributed by atoms with Crippen molar-refractivity contribution < 1.29 is 14.7 Å². The van der Waals surface area contributed by atoms with Crippen LogP contribution in [-0.4, -0.2) is 35.5 Å². The van der Waals surface area contributed by atoms with Crippen molar-refractivity contribution in [3.8, 4) is 0 Å². The lowest BCUT2D eigenvalue weighted by atomic mass is 9.85. The molecule has 0 aliphatic heterocycles. The van der Waals surface area contributed by atoms with E-state index in [4.69, 9.17) is 5.11 Å². The zero-order valence-electron chi connectivity index (χ0n) is 9.95. The van der Waals surface area contributed by atoms with Crippen LogP contribution in [0.15, 0.2) is 0 Å². The second kappa shape index (κ2) is 6.51. The number of rotatable bonds is 7. The third kappa shape index (κ3) is 4.64. The van der Waals surface area contributed by atoms with E-state index in [1.807, 2.05) is 7.05 Å². The van der Waals surface area contributed by atoms with Gasteiger partial charge in [0.05, 0.1) is 0 Å². The fourth-order valence-electron chi connectivity index (χ4n) is 1.91. The molecule has 4 heteroatoms. The first-order valence-electron chi connectivity index (χ1n) is 6.05. The molecule has 1 aliphatic rings. The summed E-state index contributed by atoms with van der Waals surface area (Å²) >= 11 is 0. The van der Waals surface area contributed by atoms with E-state index in [2.05, 4.69) is 0 Å². The van der Waals surface area contributed by atoms with E-state index in [9.17, 15) is 9.59 Å². The average molecular weight is 227 g/mol. The van der Waals surface area contributed by atoms with Crippen LogP contribution in [0.2, 0.25) is 0 Å². The van der Waals surface area contributed by atoms with Gasteiger partial charge >= 0.3 is 5.97 Å². The minimum Gasteiger partial charge on any atom is -0.481 e. The molecular weight excluding hydrogens is 206 g/mol. The van der Waals surface area contributed by atoms with Crippen molar-refractivity contribution in [2.24, 2.45) is 5.92 Å². The van der Waals surface area contributed by atoms with Crippen LogP contribution < -0.4 is 0 Å². The van der Waals surface area contributed by atoms with Crippen LogP contribution >= 0.6 is 0 Å². The number of nitrogens with zero attached hydrogens (tertiary/aromatic N) is 1. The van der Waals surface area contributed by atoms with Gasteiger partial charge in [-0.3, -0.25) is 9.59 Å². The van der Waals surface area contributed by atoms with Crippen molar-refractivity contribution >= 4 is 11.9 Å². The minimum atomic E-state index is -0.782. The van der Waals surface area contributed by atoms with Gasteiger partial charge in [0.25, 0.3) is 0 Å². The van der Waals surface area contributed by atoms with Crippen LogP contribution in [0, 0.1) is 5.92 Å². The molecule has 0 unspecified atom stereocenters. The van der Waals surface area contributed by atoms with Gasteiger partial charge in [0.15, 0.2) is 0 Å². The van der Waals surface area contributed by atoms with E-state index in [1.54, 1.807) is 4.90 Å². The number of hydrogen-bond acceptors (Lipinski definition) is 2. The Morgan fingerprint density at radius 2 is 1.88 bits per heavy atom. The molecule has 0 aromatic carbocycles. The Labute approximate surface area is 96.6 Å². The molecule has 1 saturated carbocycles. The van der Waals surface area contributed by atoms with Crippen molar-refractivity contribution in [3.63, 3.8) is 0 Å². The first kappa shape index (κ1) is 13.0. The summed E-state index contributed by atoms with van der Waals surface area (Å²) in [5.41, 5.74) is 0. The number of aliphatic carboxylic acids is 1. The van der Waals surface area contributed by atoms with Gasteiger partial charge in [-0.25, -0.2) is 0 Å². The number of hydrogen-bond donors (Lipinski definition) is 1. The Hall–Kier alpha value is -1.06. The molecule has 1 rings (SSSR count). The number of carbonyl (C=O) groups excluding carboxylic acids is 1. The molecule has 0 spiro atoms. The standard InChI is InChI=1S/C12H21NO3/c1-13(9-10-5-4-6-10)11(14)7-2-3-8-12(15)16/h10H,2-9H2,1H3,(H,15,16). The Morgan fingerprint density at radius 1 is 1.25 bits per heavy atom. The number of unbranched alkanes of at least 4 members (excludes halogenated alkanes) is 1. The van der Waals surface area contributed by atoms with Crippen LogP contribution in [0.1, 0.15) is 44.9 Å². The lowest BCUT2D eigenvalue weighted by Crippen LogP contribution is -2.34. The van der Waals surface area contributed by atoms with Crippen LogP contribution in [0.5, 0.6) is 0 Å². The predicted octanol–water partition coefficient (Wildman–Crippen LogP) is 1.89. The molecule has 0 bridgehead atoms. The summed E-state index contributed by atoms with van der Waals surface area (Å²) in [6, 6.07) is 0. The van der Waals surface area contributed by atoms with Crippen molar-refractivity contribution in [1.29, 1.82) is 0 Å². The van der Waals surface area contributed by atoms with Crippen LogP contribution in [0.3, 0.4) is 0 Å². The largest absolute Gasteiger partial charge is 0.481 e. The van der Waals surface area contributed by atoms with Crippen LogP contribution in [0.4, 0.5) is 0 Å². The predicted molar refractivity (Wildman–Crippen MR) is 61.1 cm³/mol. The highest BCUT2D eigenvalue weighted by Crippen LogP contribution is 2.26. The normalized spacial score (nSPS) is 15.6. The van der Waals surface area contributed by atoms with Crippen LogP contribution in [-0.2, 0) is 9.59 Å². The summed E-state index contributed by atoms with van der Waals surface area (Å²) in [7, 11) is 1.85. The summed E-state index contributed by atoms with van der Waals surface area (Å²) in [6.45, 7) is 0.873. The molecule has 1 amide bonds. The van der Waals surface area contributed by atoms with Gasteiger partial charge in [-0.1, -0.05) is 6.42 Å². The Bertz CT molecular complexity index is 249. The quantitative estimate of drug-likeness (QED) is 0.676. The van der Waals surface area contributed by atoms with Gasteiger partial charge in [0.2, 0.25) is 5.91 Å². The smallest absolute Gasteiger partial charge is 0.303 e. The highest BCUT2D eigenvalue weighted by Gasteiger charge is 2.20. The molecule has 0 aromatic heterocycles. The van der Waals surface area contributed by atoms with Gasteiger partial charge in [-0.15, -0.1) is 0 Å². The van der Waals surface area contributed by atoms with E-state index in [0.29, 0.717) is 25.2 Å². The second-order valence-corrected chi connectivity index (χ2v) is 4.67. The monoisotopic (exact) mass is 227 g/mol. The number of carboxylic acids is 1. The van der Waals surface area contributed by atoms with E-state index in [0.717, 1.165) is 6.54 Å². The summed E-state index contributed by atoms with van der Waals surface area (Å²) in [4.78, 5) is 23.7. The Morgan fingerprint density at radius 3 is 2.38 bits per heavy atom. The topological polar surface area (TPSA) is 57.6 Å². The number of carbonyl (C=O) groups is 2. The highest BCUT2D eigenvalue weighted by atomic mass is 16.4. The van der Waals surface area contributed by atoms with Gasteiger partial charge < -0.3 is 10.0 Å². The van der Waals surface area contributed by atoms with E-state index < -0.39 is 5.97 Å². The lowest BCUT2D eigenvalue weighted by Gasteiger charge is -2.30. The average Bonchev–Trinajstić information content (AvgIpc) is 2.17. The molecular formula is C12H21NO3. The molecule has 0 aromatic rings. The van der Waals surface area contributed by atoms with Crippen molar-refractivity contribution in [2.75, 3.05) is 13.6 Å². The highest BCUT2D eigenvalue weighted by molar-refractivity contribution is 5.75. The first-order chi connectivity index (χ1) is 7.59. The van der Waals surface area contributed by atoms with Gasteiger partial charge in [0, 0.05) is 26.4 Å². The summed E-state index contributed by atoms with van der Waals surface area (Å²) < 4.78 is 0. The Kier molecular flexibility index (Phi) is 5.29. The molecule has 1 N–H and O–H groups in total. The van der Waals surface area contributed by atoms with Crippen LogP contribution in [0.25, 0.3) is 0 Å². The van der Waals surface area contributed by atoms with E-state index in [1.165, 1.54) is 19.3 Å². The van der Waals surface area contributed by atoms with E-state index >= 15 is 0 Å². The maximum atomic E-state index is 11.6. The SMILES string of the molecule is CN(CC1CCC1)C(=O)CCCCC(=O)O. The minimum absolute atomic E-state index is 0.150. The van der Waals surface area contributed by atoms with Crippen molar-refractivity contribution in [1.82, 2.24) is 4.90 Å². The molecule has 1 fully saturated rings. The van der Waals surface area contributed by atoms with E-state index in [-0.39, 0.29) is 12.3 Å². The molecule has 0 atom stereocenters. The fourth-order valence-corrected chi connectivity index (χ4v) is 1.91. The van der Waals surface area contributed by atoms with Gasteiger partial charge in [0.1, 0.15) is 0 Å². The number of amides is 1. The number of carboxylic acid groups (broad SMARTS) is 1. The second-order valence-electron chi connectivity index (χ2n) is 4.67. The molecule has 0 saturated heterocycles. The Balaban J connectivity index is 2.06. The van der Waals surface area contributed by atoms with Gasteiger partial charge in [-0.2, -0.15) is 0 Å². The molecule has 16 heavy (non-hydrogen) atoms. The third-order valence-electron chi connectivity index (χ3n) is 3.21. The molecule has 4 nitrogen and oxygen atoms in total. The third-order valence-corrected chi connectivity index (χ3v) is 3.21. The summed E-state index contributed by atoms with van der Waals surface area (Å²) in [6.07, 6.45) is 5.72. The lowest BCUT2D eigenvalue weighted by molar-refractivity contribution is -0.137. The molecule has 1 aliphatic carbocycles. The zero-order valence-corrected chi connectivity index (χ0v) is 9.95. The van der Waals surface area contributed by atoms with Crippen molar-refractivity contribution in [2.45, 2.75) is 44.9 Å². The van der Waals surface area contributed by atoms with Crippen molar-refractivity contribution in [3.05, 3.63) is 0 Å². The zero-order chi connectivity index (χ0) is 12.0. The summed E-state index contributed by atoms with van der Waals surface area (Å²) in [5.74, 6) is 0.0699. The molecule has 0 radical (unpaired) electrons. The summed E-state index contributed by atoms with van der Waals surface area (Å²) in [5, 5.41) is 8.45. The van der Waals surface area contributed by atoms with Gasteiger partial charge in [-0.05, 0) is 31.6 Å². The molecule has 92 valence electrons. The first-order valence-corrected chi connectivity index (χ1v) is 6.05. The maximum Gasteiger partial charge on any atom is 0.303 e.